The highest BCUT2D eigenvalue weighted by molar-refractivity contribution is 5.94. The Kier molecular flexibility index (Phi) is 4.20. The Hall–Kier alpha value is -1.88. The maximum atomic E-state index is 12.4. The normalized spacial score (nSPS) is 23.2. The molecular formula is C16H20N2O3. The highest BCUT2D eigenvalue weighted by Gasteiger charge is 2.31. The Morgan fingerprint density at radius 3 is 2.67 bits per heavy atom. The Morgan fingerprint density at radius 1 is 1.14 bits per heavy atom. The van der Waals surface area contributed by atoms with Gasteiger partial charge in [-0.15, -0.1) is 0 Å². The van der Waals surface area contributed by atoms with Crippen molar-refractivity contribution in [2.45, 2.75) is 25.4 Å². The first-order valence-corrected chi connectivity index (χ1v) is 7.51. The topological polar surface area (TPSA) is 49.9 Å². The van der Waals surface area contributed by atoms with Crippen LogP contribution in [-0.4, -0.2) is 49.1 Å². The van der Waals surface area contributed by atoms with Crippen LogP contribution < -0.4 is 4.90 Å². The summed E-state index contributed by atoms with van der Waals surface area (Å²) in [6.07, 6.45) is 1.81. The van der Waals surface area contributed by atoms with E-state index in [-0.39, 0.29) is 17.9 Å². The monoisotopic (exact) mass is 288 g/mol. The molecule has 2 aliphatic heterocycles. The van der Waals surface area contributed by atoms with Crippen LogP contribution in [0.3, 0.4) is 0 Å². The van der Waals surface area contributed by atoms with Crippen molar-refractivity contribution >= 4 is 17.5 Å². The first kappa shape index (κ1) is 14.1. The van der Waals surface area contributed by atoms with Crippen LogP contribution in [-0.2, 0) is 14.3 Å². The van der Waals surface area contributed by atoms with Gasteiger partial charge >= 0.3 is 0 Å². The summed E-state index contributed by atoms with van der Waals surface area (Å²) in [5.74, 6) is 0.110. The average molecular weight is 288 g/mol. The van der Waals surface area contributed by atoms with Gasteiger partial charge in [-0.1, -0.05) is 18.2 Å². The molecule has 0 spiro atoms. The molecule has 0 bridgehead atoms. The lowest BCUT2D eigenvalue weighted by Gasteiger charge is -2.24. The summed E-state index contributed by atoms with van der Waals surface area (Å²) in [7, 11) is 0. The number of carbonyl (C=O) groups excluding carboxylic acids is 2. The van der Waals surface area contributed by atoms with Crippen LogP contribution in [0.4, 0.5) is 5.69 Å². The molecule has 112 valence electrons. The smallest absolute Gasteiger partial charge is 0.251 e. The third kappa shape index (κ3) is 3.08. The van der Waals surface area contributed by atoms with Crippen LogP contribution in [0, 0.1) is 0 Å². The molecule has 0 radical (unpaired) electrons. The summed E-state index contributed by atoms with van der Waals surface area (Å²) >= 11 is 0. The summed E-state index contributed by atoms with van der Waals surface area (Å²) < 4.78 is 5.46. The number of rotatable bonds is 2. The molecule has 1 atom stereocenters. The fourth-order valence-corrected chi connectivity index (χ4v) is 2.90. The minimum absolute atomic E-state index is 0.0372. The number of benzene rings is 1. The van der Waals surface area contributed by atoms with Crippen molar-refractivity contribution in [1.29, 1.82) is 0 Å². The molecule has 0 aliphatic carbocycles. The van der Waals surface area contributed by atoms with Crippen molar-refractivity contribution in [3.63, 3.8) is 0 Å². The van der Waals surface area contributed by atoms with E-state index in [2.05, 4.69) is 0 Å². The second kappa shape index (κ2) is 6.26. The summed E-state index contributed by atoms with van der Waals surface area (Å²) in [4.78, 5) is 28.2. The van der Waals surface area contributed by atoms with E-state index in [0.717, 1.165) is 18.5 Å². The van der Waals surface area contributed by atoms with Crippen molar-refractivity contribution < 1.29 is 14.3 Å². The van der Waals surface area contributed by atoms with Crippen molar-refractivity contribution in [1.82, 2.24) is 4.90 Å². The zero-order chi connectivity index (χ0) is 14.7. The predicted molar refractivity (Wildman–Crippen MR) is 79.0 cm³/mol. The number of carbonyl (C=O) groups is 2. The lowest BCUT2D eigenvalue weighted by Crippen LogP contribution is -2.41. The quantitative estimate of drug-likeness (QED) is 0.827. The molecule has 5 nitrogen and oxygen atoms in total. The molecule has 2 saturated heterocycles. The van der Waals surface area contributed by atoms with Gasteiger partial charge in [-0.05, 0) is 25.0 Å². The summed E-state index contributed by atoms with van der Waals surface area (Å²) in [5, 5.41) is 0. The molecule has 2 aliphatic rings. The van der Waals surface area contributed by atoms with Gasteiger partial charge in [0.1, 0.15) is 6.10 Å². The fraction of sp³-hybridized carbons (Fsp3) is 0.500. The molecule has 2 heterocycles. The SMILES string of the molecule is O=C(C1CCCO1)N1CCC(=O)N(c2ccccc2)CC1. The van der Waals surface area contributed by atoms with Crippen LogP contribution >= 0.6 is 0 Å². The molecular weight excluding hydrogens is 268 g/mol. The van der Waals surface area contributed by atoms with E-state index in [1.807, 2.05) is 30.3 Å². The molecule has 2 fully saturated rings. The number of anilines is 1. The predicted octanol–water partition coefficient (Wildman–Crippen LogP) is 1.43. The fourth-order valence-electron chi connectivity index (χ4n) is 2.90. The Bertz CT molecular complexity index is 512. The molecule has 0 N–H and O–H groups in total. The molecule has 0 saturated carbocycles. The molecule has 3 rings (SSSR count). The second-order valence-corrected chi connectivity index (χ2v) is 5.46. The van der Waals surface area contributed by atoms with Crippen molar-refractivity contribution in [3.8, 4) is 0 Å². The summed E-state index contributed by atoms with van der Waals surface area (Å²) in [6, 6.07) is 9.62. The van der Waals surface area contributed by atoms with E-state index in [4.69, 9.17) is 4.74 Å². The van der Waals surface area contributed by atoms with Crippen molar-refractivity contribution in [2.24, 2.45) is 0 Å². The largest absolute Gasteiger partial charge is 0.368 e. The van der Waals surface area contributed by atoms with Gasteiger partial charge < -0.3 is 14.5 Å². The molecule has 5 heteroatoms. The van der Waals surface area contributed by atoms with Crippen LogP contribution in [0.1, 0.15) is 19.3 Å². The lowest BCUT2D eigenvalue weighted by molar-refractivity contribution is -0.140. The summed E-state index contributed by atoms with van der Waals surface area (Å²) in [5.41, 5.74) is 0.897. The first-order valence-electron chi connectivity index (χ1n) is 7.51. The molecule has 1 unspecified atom stereocenters. The number of nitrogens with zero attached hydrogens (tertiary/aromatic N) is 2. The molecule has 0 aromatic heterocycles. The van der Waals surface area contributed by atoms with E-state index in [1.165, 1.54) is 0 Å². The zero-order valence-electron chi connectivity index (χ0n) is 12.0. The van der Waals surface area contributed by atoms with Crippen molar-refractivity contribution in [2.75, 3.05) is 31.1 Å². The number of hydrogen-bond donors (Lipinski definition) is 0. The number of hydrogen-bond acceptors (Lipinski definition) is 3. The van der Waals surface area contributed by atoms with E-state index in [0.29, 0.717) is 32.7 Å². The van der Waals surface area contributed by atoms with Crippen LogP contribution in [0.2, 0.25) is 0 Å². The summed E-state index contributed by atoms with van der Waals surface area (Å²) in [6.45, 7) is 2.26. The molecule has 2 amide bonds. The highest BCUT2D eigenvalue weighted by atomic mass is 16.5. The minimum Gasteiger partial charge on any atom is -0.368 e. The zero-order valence-corrected chi connectivity index (χ0v) is 12.0. The van der Waals surface area contributed by atoms with Gasteiger partial charge in [-0.25, -0.2) is 0 Å². The van der Waals surface area contributed by atoms with Gasteiger partial charge in [0.15, 0.2) is 0 Å². The van der Waals surface area contributed by atoms with Gasteiger partial charge in [-0.3, -0.25) is 9.59 Å². The molecule has 1 aromatic rings. The lowest BCUT2D eigenvalue weighted by atomic mass is 10.2. The number of amides is 2. The average Bonchev–Trinajstić information content (AvgIpc) is 2.98. The standard InChI is InChI=1S/C16H20N2O3/c19-15-8-9-17(16(20)14-7-4-12-21-14)10-11-18(15)13-5-2-1-3-6-13/h1-3,5-6,14H,4,7-12H2. The number of ether oxygens (including phenoxy) is 1. The maximum absolute atomic E-state index is 12.4. The van der Waals surface area contributed by atoms with E-state index < -0.39 is 0 Å². The van der Waals surface area contributed by atoms with Gasteiger partial charge in [-0.2, -0.15) is 0 Å². The number of para-hydroxylation sites is 1. The van der Waals surface area contributed by atoms with E-state index >= 15 is 0 Å². The van der Waals surface area contributed by atoms with Gasteiger partial charge in [0, 0.05) is 38.3 Å². The van der Waals surface area contributed by atoms with Crippen LogP contribution in [0.25, 0.3) is 0 Å². The van der Waals surface area contributed by atoms with E-state index in [1.54, 1.807) is 9.80 Å². The van der Waals surface area contributed by atoms with Gasteiger partial charge in [0.2, 0.25) is 5.91 Å². The van der Waals surface area contributed by atoms with Gasteiger partial charge in [0.25, 0.3) is 5.91 Å². The Balaban J connectivity index is 1.68. The third-order valence-corrected chi connectivity index (χ3v) is 4.07. The van der Waals surface area contributed by atoms with Crippen LogP contribution in [0.5, 0.6) is 0 Å². The van der Waals surface area contributed by atoms with Crippen LogP contribution in [0.15, 0.2) is 30.3 Å². The van der Waals surface area contributed by atoms with Gasteiger partial charge in [0.05, 0.1) is 0 Å². The highest BCUT2D eigenvalue weighted by Crippen LogP contribution is 2.19. The molecule has 1 aromatic carbocycles. The molecule has 21 heavy (non-hydrogen) atoms. The maximum Gasteiger partial charge on any atom is 0.251 e. The van der Waals surface area contributed by atoms with E-state index in [9.17, 15) is 9.59 Å². The Morgan fingerprint density at radius 2 is 1.95 bits per heavy atom. The van der Waals surface area contributed by atoms with Crippen molar-refractivity contribution in [3.05, 3.63) is 30.3 Å². The Labute approximate surface area is 124 Å². The first-order chi connectivity index (χ1) is 10.3. The minimum atomic E-state index is -0.302. The third-order valence-electron chi connectivity index (χ3n) is 4.07. The second-order valence-electron chi connectivity index (χ2n) is 5.46.